The number of amides is 1. The molecule has 2 atom stereocenters. The summed E-state index contributed by atoms with van der Waals surface area (Å²) in [6, 6.07) is 1.63. The fourth-order valence-corrected chi connectivity index (χ4v) is 5.70. The molecule has 1 aromatic rings. The van der Waals surface area contributed by atoms with Crippen LogP contribution in [0, 0.1) is 11.3 Å². The van der Waals surface area contributed by atoms with Gasteiger partial charge in [0.15, 0.2) is 16.4 Å². The second-order valence-corrected chi connectivity index (χ2v) is 12.5. The van der Waals surface area contributed by atoms with Crippen molar-refractivity contribution in [3.05, 3.63) is 23.8 Å². The van der Waals surface area contributed by atoms with Gasteiger partial charge in [-0.3, -0.25) is 4.79 Å². The van der Waals surface area contributed by atoms with E-state index in [1.165, 1.54) is 20.8 Å². The average Bonchev–Trinajstić information content (AvgIpc) is 3.43. The van der Waals surface area contributed by atoms with Gasteiger partial charge in [-0.15, -0.1) is 5.06 Å². The maximum absolute atomic E-state index is 13.8. The summed E-state index contributed by atoms with van der Waals surface area (Å²) in [6.45, 7) is 1.85. The molecule has 0 spiro atoms. The molecule has 0 bridgehead atoms. The Balaban J connectivity index is 1.93. The van der Waals surface area contributed by atoms with E-state index in [0.29, 0.717) is 30.0 Å². The third-order valence-electron chi connectivity index (χ3n) is 5.83. The third kappa shape index (κ3) is 7.68. The van der Waals surface area contributed by atoms with Crippen molar-refractivity contribution >= 4 is 21.9 Å². The minimum atomic E-state index is -5.31. The number of carbonyl (C=O) groups is 2. The van der Waals surface area contributed by atoms with Crippen molar-refractivity contribution < 1.29 is 58.7 Å². The van der Waals surface area contributed by atoms with Gasteiger partial charge >= 0.3 is 18.5 Å². The van der Waals surface area contributed by atoms with Crippen molar-refractivity contribution in [2.24, 2.45) is 0 Å². The zero-order valence-corrected chi connectivity index (χ0v) is 22.2. The van der Waals surface area contributed by atoms with Gasteiger partial charge in [0.25, 0.3) is 0 Å². The number of hydroxylamine groups is 2. The van der Waals surface area contributed by atoms with E-state index in [1.54, 1.807) is 0 Å². The maximum Gasteiger partial charge on any atom is 0.528 e. The van der Waals surface area contributed by atoms with Gasteiger partial charge in [-0.1, -0.05) is 0 Å². The van der Waals surface area contributed by atoms with Gasteiger partial charge in [-0.05, 0) is 58.2 Å². The van der Waals surface area contributed by atoms with E-state index in [0.717, 1.165) is 0 Å². The van der Waals surface area contributed by atoms with Crippen molar-refractivity contribution in [3.63, 3.8) is 0 Å². The molecule has 2 aliphatic rings. The number of halogens is 6. The first-order valence-electron chi connectivity index (χ1n) is 11.7. The molecule has 10 nitrogen and oxygen atoms in total. The zero-order chi connectivity index (χ0) is 30.3. The molecule has 1 saturated heterocycles. The van der Waals surface area contributed by atoms with Gasteiger partial charge in [-0.25, -0.2) is 13.2 Å². The van der Waals surface area contributed by atoms with Crippen LogP contribution in [0.4, 0.5) is 31.1 Å². The third-order valence-corrected chi connectivity index (χ3v) is 8.02. The van der Waals surface area contributed by atoms with Crippen LogP contribution in [0.5, 0.6) is 5.75 Å². The summed E-state index contributed by atoms with van der Waals surface area (Å²) in [5.41, 5.74) is -4.02. The highest BCUT2D eigenvalue weighted by atomic mass is 32.2. The summed E-state index contributed by atoms with van der Waals surface area (Å²) < 4.78 is 115. The highest BCUT2D eigenvalue weighted by Gasteiger charge is 2.51. The lowest BCUT2D eigenvalue weighted by molar-refractivity contribution is -0.163. The molecular formula is C23H25F6N3O7S. The second kappa shape index (κ2) is 10.6. The molecular weight excluding hydrogens is 576 g/mol. The van der Waals surface area contributed by atoms with E-state index in [-0.39, 0.29) is 6.07 Å². The number of hydrogen-bond acceptors (Lipinski definition) is 9. The second-order valence-electron chi connectivity index (χ2n) is 10.3. The monoisotopic (exact) mass is 601 g/mol. The van der Waals surface area contributed by atoms with Crippen LogP contribution in [0.15, 0.2) is 23.1 Å². The van der Waals surface area contributed by atoms with Gasteiger partial charge in [0, 0.05) is 0 Å². The number of alkyl halides is 6. The number of hydrogen-bond donors (Lipinski definition) is 1. The molecule has 1 saturated carbocycles. The Morgan fingerprint density at radius 2 is 1.77 bits per heavy atom. The van der Waals surface area contributed by atoms with Gasteiger partial charge in [0.2, 0.25) is 5.91 Å². The van der Waals surface area contributed by atoms with E-state index < -0.39 is 92.5 Å². The summed E-state index contributed by atoms with van der Waals surface area (Å²) in [7, 11) is -4.93. The minimum absolute atomic E-state index is 0.135. The molecule has 40 heavy (non-hydrogen) atoms. The SMILES string of the molecule is CC(C)(C)OC(=O)ON1C[C@H](S(=O)(=O)c2ccc(OCC(F)(F)F)cc2C(F)(F)F)C[C@H]1C(=O)NC1(C#N)CC1. The van der Waals surface area contributed by atoms with Gasteiger partial charge in [-0.2, -0.15) is 31.6 Å². The zero-order valence-electron chi connectivity index (χ0n) is 21.4. The Bertz CT molecular complexity index is 1300. The van der Waals surface area contributed by atoms with Crippen LogP contribution < -0.4 is 10.1 Å². The highest BCUT2D eigenvalue weighted by molar-refractivity contribution is 7.92. The summed E-state index contributed by atoms with van der Waals surface area (Å²) >= 11 is 0. The van der Waals surface area contributed by atoms with Crippen LogP contribution in [0.25, 0.3) is 0 Å². The number of benzene rings is 1. The number of nitrogens with zero attached hydrogens (tertiary/aromatic N) is 2. The van der Waals surface area contributed by atoms with Gasteiger partial charge in [0.05, 0.1) is 28.3 Å². The van der Waals surface area contributed by atoms with Crippen LogP contribution in [-0.2, 0) is 30.4 Å². The summed E-state index contributed by atoms with van der Waals surface area (Å²) in [6.07, 6.45) is -11.5. The van der Waals surface area contributed by atoms with Crippen LogP contribution in [-0.4, -0.2) is 67.3 Å². The van der Waals surface area contributed by atoms with Crippen molar-refractivity contribution in [3.8, 4) is 11.8 Å². The summed E-state index contributed by atoms with van der Waals surface area (Å²) in [4.78, 5) is 29.0. The lowest BCUT2D eigenvalue weighted by Crippen LogP contribution is -2.48. The molecule has 3 rings (SSSR count). The average molecular weight is 602 g/mol. The Kier molecular flexibility index (Phi) is 8.30. The Morgan fingerprint density at radius 3 is 2.27 bits per heavy atom. The van der Waals surface area contributed by atoms with Crippen LogP contribution in [0.3, 0.4) is 0 Å². The molecule has 1 N–H and O–H groups in total. The van der Waals surface area contributed by atoms with E-state index in [9.17, 15) is 49.6 Å². The molecule has 1 heterocycles. The predicted octanol–water partition coefficient (Wildman–Crippen LogP) is 3.90. The molecule has 2 fully saturated rings. The van der Waals surface area contributed by atoms with E-state index in [1.807, 2.05) is 6.07 Å². The standard InChI is InChI=1S/C23H25F6N3O7S/c1-20(2,3)38-19(34)39-32-10-14(9-16(32)18(33)31-21(11-30)6-7-21)40(35,36)17-5-4-13(37-12-22(24,25)26)8-15(17)23(27,28)29/h4-5,8,14,16H,6-7,9-10,12H2,1-3H3,(H,31,33)/t14-,16+/m1/s1. The lowest BCUT2D eigenvalue weighted by atomic mass is 10.2. The number of rotatable bonds is 7. The molecule has 1 aliphatic carbocycles. The number of ether oxygens (including phenoxy) is 2. The van der Waals surface area contributed by atoms with Crippen molar-refractivity contribution in [1.29, 1.82) is 5.26 Å². The molecule has 222 valence electrons. The first kappa shape index (κ1) is 31.3. The number of nitrogens with one attached hydrogen (secondary N) is 1. The van der Waals surface area contributed by atoms with Gasteiger partial charge < -0.3 is 19.6 Å². The normalized spacial score (nSPS) is 21.3. The van der Waals surface area contributed by atoms with E-state index in [4.69, 9.17) is 9.57 Å². The Hall–Kier alpha value is -3.26. The Morgan fingerprint density at radius 1 is 1.15 bits per heavy atom. The molecule has 1 aromatic carbocycles. The topological polar surface area (TPSA) is 135 Å². The highest BCUT2D eigenvalue weighted by Crippen LogP contribution is 2.40. The van der Waals surface area contributed by atoms with Crippen molar-refractivity contribution in [1.82, 2.24) is 10.4 Å². The molecule has 17 heteroatoms. The van der Waals surface area contributed by atoms with Crippen molar-refractivity contribution in [2.75, 3.05) is 13.2 Å². The largest absolute Gasteiger partial charge is 0.528 e. The van der Waals surface area contributed by atoms with Crippen LogP contribution in [0.1, 0.15) is 45.6 Å². The molecule has 1 aliphatic heterocycles. The van der Waals surface area contributed by atoms with E-state index >= 15 is 0 Å². The van der Waals surface area contributed by atoms with Crippen LogP contribution in [0.2, 0.25) is 0 Å². The maximum atomic E-state index is 13.8. The predicted molar refractivity (Wildman–Crippen MR) is 122 cm³/mol. The van der Waals surface area contributed by atoms with E-state index in [2.05, 4.69) is 10.1 Å². The minimum Gasteiger partial charge on any atom is -0.484 e. The first-order valence-corrected chi connectivity index (χ1v) is 13.3. The first-order chi connectivity index (χ1) is 18.2. The number of sulfone groups is 1. The quantitative estimate of drug-likeness (QED) is 0.365. The summed E-state index contributed by atoms with van der Waals surface area (Å²) in [5.74, 6) is -1.76. The lowest BCUT2D eigenvalue weighted by Gasteiger charge is -2.25. The van der Waals surface area contributed by atoms with Crippen molar-refractivity contribution in [2.45, 2.75) is 79.7 Å². The fourth-order valence-electron chi connectivity index (χ4n) is 3.82. The Labute approximate surface area is 225 Å². The number of carbonyl (C=O) groups excluding carboxylic acids is 2. The number of nitriles is 1. The molecule has 0 aromatic heterocycles. The van der Waals surface area contributed by atoms with Crippen LogP contribution >= 0.6 is 0 Å². The molecule has 0 radical (unpaired) electrons. The summed E-state index contributed by atoms with van der Waals surface area (Å²) in [5, 5.41) is 10.6. The molecule has 1 amide bonds. The molecule has 0 unspecified atom stereocenters. The van der Waals surface area contributed by atoms with Gasteiger partial charge in [0.1, 0.15) is 22.9 Å². The smallest absolute Gasteiger partial charge is 0.484 e. The fraction of sp³-hybridized carbons (Fsp3) is 0.609.